The standard InChI is InChI=1S/C23H26N2O3S/c1-3-5-6-14-28-20-9-7-8-18(15-20)22(26)25-23-24-21(16-29-23)17-10-12-19(13-11-17)27-4-2/h7-13,15-16H,3-6,14H2,1-2H3,(H,24,25,26). The van der Waals surface area contributed by atoms with E-state index < -0.39 is 0 Å². The fourth-order valence-corrected chi connectivity index (χ4v) is 3.51. The maximum atomic E-state index is 12.6. The van der Waals surface area contributed by atoms with E-state index in [1.54, 1.807) is 12.1 Å². The summed E-state index contributed by atoms with van der Waals surface area (Å²) in [6.45, 7) is 5.41. The number of rotatable bonds is 10. The van der Waals surface area contributed by atoms with Crippen molar-refractivity contribution in [3.63, 3.8) is 0 Å². The number of nitrogens with zero attached hydrogens (tertiary/aromatic N) is 1. The minimum absolute atomic E-state index is 0.198. The quantitative estimate of drug-likeness (QED) is 0.415. The average Bonchev–Trinajstić information content (AvgIpc) is 3.21. The fraction of sp³-hybridized carbons (Fsp3) is 0.304. The molecule has 0 aliphatic rings. The Kier molecular flexibility index (Phi) is 7.64. The molecule has 2 aromatic carbocycles. The summed E-state index contributed by atoms with van der Waals surface area (Å²) in [6, 6.07) is 15.0. The molecular formula is C23H26N2O3S. The van der Waals surface area contributed by atoms with Gasteiger partial charge in [-0.05, 0) is 55.8 Å². The summed E-state index contributed by atoms with van der Waals surface area (Å²) in [5, 5.41) is 5.36. The number of unbranched alkanes of at least 4 members (excludes halogenated alkanes) is 2. The van der Waals surface area contributed by atoms with Crippen LogP contribution in [-0.4, -0.2) is 24.1 Å². The highest BCUT2D eigenvalue weighted by Crippen LogP contribution is 2.27. The van der Waals surface area contributed by atoms with Crippen molar-refractivity contribution in [3.05, 3.63) is 59.5 Å². The first-order valence-corrected chi connectivity index (χ1v) is 10.8. The molecule has 1 aromatic heterocycles. The van der Waals surface area contributed by atoms with E-state index in [9.17, 15) is 4.79 Å². The van der Waals surface area contributed by atoms with Crippen LogP contribution >= 0.6 is 11.3 Å². The lowest BCUT2D eigenvalue weighted by molar-refractivity contribution is 0.102. The number of carbonyl (C=O) groups excluding carboxylic acids is 1. The van der Waals surface area contributed by atoms with Crippen LogP contribution in [0, 0.1) is 0 Å². The highest BCUT2D eigenvalue weighted by Gasteiger charge is 2.11. The molecule has 152 valence electrons. The zero-order valence-corrected chi connectivity index (χ0v) is 17.6. The monoisotopic (exact) mass is 410 g/mol. The van der Waals surface area contributed by atoms with Gasteiger partial charge >= 0.3 is 0 Å². The molecule has 3 rings (SSSR count). The number of nitrogens with one attached hydrogen (secondary N) is 1. The number of ether oxygens (including phenoxy) is 2. The number of carbonyl (C=O) groups is 1. The molecule has 0 bridgehead atoms. The van der Waals surface area contributed by atoms with Crippen LogP contribution in [0.3, 0.4) is 0 Å². The van der Waals surface area contributed by atoms with Gasteiger partial charge in [0.2, 0.25) is 0 Å². The van der Waals surface area contributed by atoms with Gasteiger partial charge < -0.3 is 9.47 Å². The maximum absolute atomic E-state index is 12.6. The van der Waals surface area contributed by atoms with Gasteiger partial charge in [0.1, 0.15) is 11.5 Å². The number of hydrogen-bond donors (Lipinski definition) is 1. The number of thiazole rings is 1. The van der Waals surface area contributed by atoms with Gasteiger partial charge in [-0.1, -0.05) is 25.8 Å². The minimum atomic E-state index is -0.198. The molecule has 0 radical (unpaired) electrons. The van der Waals surface area contributed by atoms with Gasteiger partial charge in [-0.2, -0.15) is 0 Å². The summed E-state index contributed by atoms with van der Waals surface area (Å²) >= 11 is 1.40. The molecule has 0 unspecified atom stereocenters. The van der Waals surface area contributed by atoms with Gasteiger partial charge in [0, 0.05) is 16.5 Å². The first-order valence-electron chi connectivity index (χ1n) is 9.92. The number of anilines is 1. The highest BCUT2D eigenvalue weighted by molar-refractivity contribution is 7.14. The molecule has 0 aliphatic carbocycles. The van der Waals surface area contributed by atoms with Crippen molar-refractivity contribution >= 4 is 22.4 Å². The maximum Gasteiger partial charge on any atom is 0.257 e. The number of aromatic nitrogens is 1. The van der Waals surface area contributed by atoms with Gasteiger partial charge in [0.15, 0.2) is 5.13 Å². The predicted molar refractivity (Wildman–Crippen MR) is 118 cm³/mol. The predicted octanol–water partition coefficient (Wildman–Crippen LogP) is 6.03. The lowest BCUT2D eigenvalue weighted by Gasteiger charge is -2.07. The molecule has 6 heteroatoms. The molecule has 0 saturated carbocycles. The summed E-state index contributed by atoms with van der Waals surface area (Å²) in [5.74, 6) is 1.34. The van der Waals surface area contributed by atoms with Crippen molar-refractivity contribution in [2.45, 2.75) is 33.1 Å². The van der Waals surface area contributed by atoms with Gasteiger partial charge in [-0.25, -0.2) is 4.98 Å². The second-order valence-corrected chi connectivity index (χ2v) is 7.39. The molecule has 29 heavy (non-hydrogen) atoms. The molecule has 3 aromatic rings. The Labute approximate surface area is 175 Å². The largest absolute Gasteiger partial charge is 0.494 e. The first-order chi connectivity index (χ1) is 14.2. The molecule has 0 aliphatic heterocycles. The molecule has 0 spiro atoms. The zero-order chi connectivity index (χ0) is 20.5. The van der Waals surface area contributed by atoms with Crippen LogP contribution in [-0.2, 0) is 0 Å². The van der Waals surface area contributed by atoms with Gasteiger partial charge in [-0.3, -0.25) is 10.1 Å². The third-order valence-corrected chi connectivity index (χ3v) is 5.06. The highest BCUT2D eigenvalue weighted by atomic mass is 32.1. The van der Waals surface area contributed by atoms with Gasteiger partial charge in [0.25, 0.3) is 5.91 Å². The molecule has 1 heterocycles. The van der Waals surface area contributed by atoms with Gasteiger partial charge in [0.05, 0.1) is 18.9 Å². The van der Waals surface area contributed by atoms with Crippen molar-refractivity contribution in [1.82, 2.24) is 4.98 Å². The van der Waals surface area contributed by atoms with Crippen molar-refractivity contribution in [2.24, 2.45) is 0 Å². The molecule has 0 fully saturated rings. The molecule has 1 amide bonds. The second-order valence-electron chi connectivity index (χ2n) is 6.53. The Morgan fingerprint density at radius 1 is 1.03 bits per heavy atom. The Morgan fingerprint density at radius 2 is 1.86 bits per heavy atom. The van der Waals surface area contributed by atoms with Crippen LogP contribution in [0.2, 0.25) is 0 Å². The third-order valence-electron chi connectivity index (χ3n) is 4.30. The lowest BCUT2D eigenvalue weighted by atomic mass is 10.2. The Balaban J connectivity index is 1.61. The van der Waals surface area contributed by atoms with Gasteiger partial charge in [-0.15, -0.1) is 11.3 Å². The van der Waals surface area contributed by atoms with E-state index in [4.69, 9.17) is 9.47 Å². The smallest absolute Gasteiger partial charge is 0.257 e. The zero-order valence-electron chi connectivity index (χ0n) is 16.8. The number of benzene rings is 2. The summed E-state index contributed by atoms with van der Waals surface area (Å²) in [4.78, 5) is 17.1. The second kappa shape index (κ2) is 10.6. The van der Waals surface area contributed by atoms with Crippen molar-refractivity contribution < 1.29 is 14.3 Å². The summed E-state index contributed by atoms with van der Waals surface area (Å²) in [6.07, 6.45) is 3.31. The normalized spacial score (nSPS) is 10.6. The topological polar surface area (TPSA) is 60.5 Å². The average molecular weight is 411 g/mol. The Bertz CT molecular complexity index is 922. The van der Waals surface area contributed by atoms with E-state index in [2.05, 4.69) is 17.2 Å². The van der Waals surface area contributed by atoms with E-state index in [1.807, 2.05) is 48.7 Å². The van der Waals surface area contributed by atoms with E-state index >= 15 is 0 Å². The van der Waals surface area contributed by atoms with Crippen LogP contribution in [0.25, 0.3) is 11.3 Å². The lowest BCUT2D eigenvalue weighted by Crippen LogP contribution is -2.11. The summed E-state index contributed by atoms with van der Waals surface area (Å²) < 4.78 is 11.2. The molecule has 5 nitrogen and oxygen atoms in total. The summed E-state index contributed by atoms with van der Waals surface area (Å²) in [7, 11) is 0. The van der Waals surface area contributed by atoms with Crippen molar-refractivity contribution in [2.75, 3.05) is 18.5 Å². The molecule has 1 N–H and O–H groups in total. The van der Waals surface area contributed by atoms with E-state index in [-0.39, 0.29) is 5.91 Å². The fourth-order valence-electron chi connectivity index (χ4n) is 2.79. The van der Waals surface area contributed by atoms with Crippen molar-refractivity contribution in [3.8, 4) is 22.8 Å². The van der Waals surface area contributed by atoms with E-state index in [0.717, 1.165) is 36.3 Å². The molecule has 0 atom stereocenters. The van der Waals surface area contributed by atoms with Crippen molar-refractivity contribution in [1.29, 1.82) is 0 Å². The number of amides is 1. The van der Waals surface area contributed by atoms with Crippen LogP contribution in [0.15, 0.2) is 53.9 Å². The van der Waals surface area contributed by atoms with Crippen LogP contribution in [0.5, 0.6) is 11.5 Å². The van der Waals surface area contributed by atoms with Crippen LogP contribution < -0.4 is 14.8 Å². The minimum Gasteiger partial charge on any atom is -0.494 e. The van der Waals surface area contributed by atoms with E-state index in [0.29, 0.717) is 29.7 Å². The Morgan fingerprint density at radius 3 is 2.62 bits per heavy atom. The molecular weight excluding hydrogens is 384 g/mol. The number of hydrogen-bond acceptors (Lipinski definition) is 5. The SMILES string of the molecule is CCCCCOc1cccc(C(=O)Nc2nc(-c3ccc(OCC)cc3)cs2)c1. The summed E-state index contributed by atoms with van der Waals surface area (Å²) in [5.41, 5.74) is 2.35. The van der Waals surface area contributed by atoms with E-state index in [1.165, 1.54) is 11.3 Å². The van der Waals surface area contributed by atoms with Crippen LogP contribution in [0.4, 0.5) is 5.13 Å². The Hall–Kier alpha value is -2.86. The molecule has 0 saturated heterocycles. The van der Waals surface area contributed by atoms with Crippen LogP contribution in [0.1, 0.15) is 43.5 Å². The first kappa shape index (κ1) is 20.9. The third kappa shape index (κ3) is 6.06.